The van der Waals surface area contributed by atoms with Gasteiger partial charge in [0.25, 0.3) is 11.8 Å². The van der Waals surface area contributed by atoms with Gasteiger partial charge in [0.05, 0.1) is 24.6 Å². The number of nitrogens with one attached hydrogen (secondary N) is 2. The lowest BCUT2D eigenvalue weighted by atomic mass is 10.1. The Kier molecular flexibility index (Phi) is 6.10. The van der Waals surface area contributed by atoms with Crippen LogP contribution in [0.2, 0.25) is 0 Å². The summed E-state index contributed by atoms with van der Waals surface area (Å²) < 4.78 is 5.09. The number of anilines is 1. The fraction of sp³-hybridized carbons (Fsp3) is 0.0476. The van der Waals surface area contributed by atoms with Crippen molar-refractivity contribution in [1.29, 1.82) is 0 Å². The van der Waals surface area contributed by atoms with Crippen molar-refractivity contribution in [1.82, 2.24) is 10.4 Å². The maximum atomic E-state index is 12.5. The average Bonchev–Trinajstić information content (AvgIpc) is 2.75. The van der Waals surface area contributed by atoms with E-state index in [1.807, 2.05) is 6.07 Å². The maximum Gasteiger partial charge on any atom is 0.273 e. The molecule has 0 unspecified atom stereocenters. The second-order valence-electron chi connectivity index (χ2n) is 5.71. The number of hydrogen-bond donors (Lipinski definition) is 2. The molecule has 28 heavy (non-hydrogen) atoms. The standard InChI is InChI=1S/C21H18N4O3/c1-28-17-10-8-16(9-11-17)20(26)24-19-7-3-2-6-18(19)21(27)25-23-14-15-5-4-12-22-13-15/h2-14H,1H3,(H,24,26)(H,25,27). The zero-order valence-electron chi connectivity index (χ0n) is 15.1. The zero-order chi connectivity index (χ0) is 19.8. The van der Waals surface area contributed by atoms with Gasteiger partial charge >= 0.3 is 0 Å². The summed E-state index contributed by atoms with van der Waals surface area (Å²) in [5, 5.41) is 6.68. The number of nitrogens with zero attached hydrogens (tertiary/aromatic N) is 2. The number of aromatic nitrogens is 1. The molecule has 0 fully saturated rings. The molecule has 0 aliphatic heterocycles. The molecule has 2 aromatic carbocycles. The molecule has 0 spiro atoms. The molecule has 0 bridgehead atoms. The highest BCUT2D eigenvalue weighted by atomic mass is 16.5. The summed E-state index contributed by atoms with van der Waals surface area (Å²) in [6.07, 6.45) is 4.76. The number of amides is 2. The van der Waals surface area contributed by atoms with E-state index in [9.17, 15) is 9.59 Å². The first kappa shape index (κ1) is 18.8. The fourth-order valence-corrected chi connectivity index (χ4v) is 2.40. The third-order valence-electron chi connectivity index (χ3n) is 3.84. The number of carbonyl (C=O) groups is 2. The van der Waals surface area contributed by atoms with Crippen LogP contribution in [-0.4, -0.2) is 30.1 Å². The Labute approximate surface area is 162 Å². The molecule has 3 aromatic rings. The number of ether oxygens (including phenoxy) is 1. The monoisotopic (exact) mass is 374 g/mol. The van der Waals surface area contributed by atoms with Crippen molar-refractivity contribution in [3.8, 4) is 5.75 Å². The second kappa shape index (κ2) is 9.09. The second-order valence-corrected chi connectivity index (χ2v) is 5.71. The zero-order valence-corrected chi connectivity index (χ0v) is 15.1. The Balaban J connectivity index is 1.70. The molecule has 2 amide bonds. The summed E-state index contributed by atoms with van der Waals surface area (Å²) in [5.41, 5.74) is 4.34. The summed E-state index contributed by atoms with van der Waals surface area (Å²) in [7, 11) is 1.56. The first-order valence-corrected chi connectivity index (χ1v) is 8.45. The highest BCUT2D eigenvalue weighted by molar-refractivity contribution is 6.09. The summed E-state index contributed by atoms with van der Waals surface area (Å²) in [5.74, 6) is -0.115. The van der Waals surface area contributed by atoms with Crippen molar-refractivity contribution in [2.45, 2.75) is 0 Å². The van der Waals surface area contributed by atoms with Crippen LogP contribution in [0.5, 0.6) is 5.75 Å². The molecule has 140 valence electrons. The average molecular weight is 374 g/mol. The molecule has 1 heterocycles. The van der Waals surface area contributed by atoms with Crippen LogP contribution in [0.4, 0.5) is 5.69 Å². The smallest absolute Gasteiger partial charge is 0.273 e. The number of rotatable bonds is 6. The van der Waals surface area contributed by atoms with Crippen LogP contribution < -0.4 is 15.5 Å². The lowest BCUT2D eigenvalue weighted by Gasteiger charge is -2.10. The van der Waals surface area contributed by atoms with Crippen molar-refractivity contribution >= 4 is 23.7 Å². The fourth-order valence-electron chi connectivity index (χ4n) is 2.40. The maximum absolute atomic E-state index is 12.5. The quantitative estimate of drug-likeness (QED) is 0.512. The van der Waals surface area contributed by atoms with Gasteiger partial charge in [-0.25, -0.2) is 5.43 Å². The van der Waals surface area contributed by atoms with Gasteiger partial charge in [0.15, 0.2) is 0 Å². The van der Waals surface area contributed by atoms with E-state index in [-0.39, 0.29) is 5.91 Å². The van der Waals surface area contributed by atoms with Crippen LogP contribution in [0.15, 0.2) is 78.2 Å². The minimum absolute atomic E-state index is 0.299. The van der Waals surface area contributed by atoms with Gasteiger partial charge in [0.2, 0.25) is 0 Å². The van der Waals surface area contributed by atoms with E-state index in [1.54, 1.807) is 74.1 Å². The normalized spacial score (nSPS) is 10.5. The van der Waals surface area contributed by atoms with E-state index < -0.39 is 5.91 Å². The van der Waals surface area contributed by atoms with Crippen molar-refractivity contribution in [2.75, 3.05) is 12.4 Å². The SMILES string of the molecule is COc1ccc(C(=O)Nc2ccccc2C(=O)NN=Cc2cccnc2)cc1. The minimum Gasteiger partial charge on any atom is -0.497 e. The third kappa shape index (κ3) is 4.79. The summed E-state index contributed by atoms with van der Waals surface area (Å²) in [6, 6.07) is 17.0. The number of methoxy groups -OCH3 is 1. The number of benzene rings is 2. The third-order valence-corrected chi connectivity index (χ3v) is 3.84. The van der Waals surface area contributed by atoms with Gasteiger partial charge in [-0.05, 0) is 42.5 Å². The van der Waals surface area contributed by atoms with E-state index in [1.165, 1.54) is 6.21 Å². The topological polar surface area (TPSA) is 92.7 Å². The van der Waals surface area contributed by atoms with E-state index in [0.29, 0.717) is 22.6 Å². The van der Waals surface area contributed by atoms with Crippen molar-refractivity contribution in [2.24, 2.45) is 5.10 Å². The summed E-state index contributed by atoms with van der Waals surface area (Å²) in [6.45, 7) is 0. The van der Waals surface area contributed by atoms with E-state index in [0.717, 1.165) is 5.56 Å². The van der Waals surface area contributed by atoms with Gasteiger partial charge in [-0.3, -0.25) is 14.6 Å². The lowest BCUT2D eigenvalue weighted by Crippen LogP contribution is -2.21. The largest absolute Gasteiger partial charge is 0.497 e. The Morgan fingerprint density at radius 1 is 1.00 bits per heavy atom. The van der Waals surface area contributed by atoms with Gasteiger partial charge in [-0.1, -0.05) is 18.2 Å². The van der Waals surface area contributed by atoms with E-state index >= 15 is 0 Å². The summed E-state index contributed by atoms with van der Waals surface area (Å²) in [4.78, 5) is 28.9. The van der Waals surface area contributed by atoms with Crippen LogP contribution in [0.3, 0.4) is 0 Å². The number of pyridine rings is 1. The van der Waals surface area contributed by atoms with Crippen LogP contribution >= 0.6 is 0 Å². The van der Waals surface area contributed by atoms with Crippen molar-refractivity contribution in [3.63, 3.8) is 0 Å². The predicted octanol–water partition coefficient (Wildman–Crippen LogP) is 3.11. The molecule has 0 saturated carbocycles. The molecule has 1 aromatic heterocycles. The van der Waals surface area contributed by atoms with Crippen LogP contribution in [-0.2, 0) is 0 Å². The first-order chi connectivity index (χ1) is 13.7. The molecule has 7 heteroatoms. The number of carbonyl (C=O) groups excluding carboxylic acids is 2. The predicted molar refractivity (Wildman–Crippen MR) is 107 cm³/mol. The van der Waals surface area contributed by atoms with E-state index in [2.05, 4.69) is 20.8 Å². The molecular formula is C21H18N4O3. The van der Waals surface area contributed by atoms with Gasteiger partial charge < -0.3 is 10.1 Å². The molecule has 0 radical (unpaired) electrons. The van der Waals surface area contributed by atoms with Gasteiger partial charge in [-0.15, -0.1) is 0 Å². The summed E-state index contributed by atoms with van der Waals surface area (Å²) >= 11 is 0. The molecule has 3 rings (SSSR count). The van der Waals surface area contributed by atoms with Crippen molar-refractivity contribution in [3.05, 3.63) is 89.7 Å². The molecule has 2 N–H and O–H groups in total. The molecule has 0 aliphatic carbocycles. The highest BCUT2D eigenvalue weighted by Gasteiger charge is 2.13. The lowest BCUT2D eigenvalue weighted by molar-refractivity contribution is 0.0956. The first-order valence-electron chi connectivity index (χ1n) is 8.45. The molecule has 0 atom stereocenters. The Morgan fingerprint density at radius 3 is 2.50 bits per heavy atom. The Hall–Kier alpha value is -4.00. The van der Waals surface area contributed by atoms with Crippen LogP contribution in [0, 0.1) is 0 Å². The molecule has 0 aliphatic rings. The molecular weight excluding hydrogens is 356 g/mol. The molecule has 7 nitrogen and oxygen atoms in total. The molecule has 0 saturated heterocycles. The van der Waals surface area contributed by atoms with Gasteiger partial charge in [0, 0.05) is 23.5 Å². The number of para-hydroxylation sites is 1. The van der Waals surface area contributed by atoms with E-state index in [4.69, 9.17) is 4.74 Å². The number of hydrazone groups is 1. The minimum atomic E-state index is -0.439. The van der Waals surface area contributed by atoms with Crippen LogP contribution in [0.25, 0.3) is 0 Å². The highest BCUT2D eigenvalue weighted by Crippen LogP contribution is 2.17. The Morgan fingerprint density at radius 2 is 1.79 bits per heavy atom. The van der Waals surface area contributed by atoms with Crippen molar-refractivity contribution < 1.29 is 14.3 Å². The van der Waals surface area contributed by atoms with Crippen LogP contribution in [0.1, 0.15) is 26.3 Å². The van der Waals surface area contributed by atoms with Gasteiger partial charge in [-0.2, -0.15) is 5.10 Å². The van der Waals surface area contributed by atoms with Gasteiger partial charge in [0.1, 0.15) is 5.75 Å². The number of hydrogen-bond acceptors (Lipinski definition) is 5. The Bertz CT molecular complexity index is 986.